The van der Waals surface area contributed by atoms with E-state index in [0.717, 1.165) is 16.9 Å². The van der Waals surface area contributed by atoms with E-state index in [1.54, 1.807) is 48.8 Å². The Labute approximate surface area is 166 Å². The summed E-state index contributed by atoms with van der Waals surface area (Å²) < 4.78 is 6.87. The number of carboxylic acid groups (broad SMARTS) is 1. The van der Waals surface area contributed by atoms with Gasteiger partial charge in [-0.1, -0.05) is 22.9 Å². The molecule has 0 aliphatic carbocycles. The van der Waals surface area contributed by atoms with Crippen LogP contribution in [0.1, 0.15) is 5.56 Å². The van der Waals surface area contributed by atoms with Gasteiger partial charge in [-0.3, -0.25) is 9.78 Å². The number of hydrogen-bond acceptors (Lipinski definition) is 7. The molecule has 1 aromatic carbocycles. The quantitative estimate of drug-likeness (QED) is 0.531. The molecule has 0 atom stereocenters. The Morgan fingerprint density at radius 2 is 2.07 bits per heavy atom. The van der Waals surface area contributed by atoms with Gasteiger partial charge in [-0.15, -0.1) is 5.10 Å². The lowest BCUT2D eigenvalue weighted by atomic mass is 10.2. The van der Waals surface area contributed by atoms with Crippen molar-refractivity contribution in [2.24, 2.45) is 0 Å². The predicted octanol–water partition coefficient (Wildman–Crippen LogP) is 1.88. The van der Waals surface area contributed by atoms with E-state index in [2.05, 4.69) is 15.1 Å². The molecule has 1 N–H and O–H groups in total. The number of thiazole rings is 1. The molecular weight excluding hydrogens is 404 g/mol. The Bertz CT molecular complexity index is 1290. The largest absolute Gasteiger partial charge is 0.481 e. The zero-order chi connectivity index (χ0) is 19.7. The van der Waals surface area contributed by atoms with Crippen molar-refractivity contribution in [3.8, 4) is 17.1 Å². The smallest absolute Gasteiger partial charge is 0.341 e. The lowest BCUT2D eigenvalue weighted by Gasteiger charge is -2.07. The highest BCUT2D eigenvalue weighted by molar-refractivity contribution is 7.15. The van der Waals surface area contributed by atoms with Gasteiger partial charge < -0.3 is 9.84 Å². The third-order valence-electron chi connectivity index (χ3n) is 3.73. The van der Waals surface area contributed by atoms with Crippen molar-refractivity contribution in [1.82, 2.24) is 19.6 Å². The lowest BCUT2D eigenvalue weighted by molar-refractivity contribution is -0.139. The maximum absolute atomic E-state index is 12.7. The molecule has 3 aromatic heterocycles. The Morgan fingerprint density at radius 3 is 2.79 bits per heavy atom. The molecule has 3 heterocycles. The zero-order valence-electron chi connectivity index (χ0n) is 14.1. The Kier molecular flexibility index (Phi) is 4.76. The standard InChI is InChI=1S/C18H11ClN4O4S/c19-12-1-2-13(27-9-15(24)25)11(7-12)8-14-17(26)23-18(28-14)21-16(22-23)10-3-5-20-6-4-10/h1-8H,9H2,(H,24,25)/b14-8-. The predicted molar refractivity (Wildman–Crippen MR) is 104 cm³/mol. The van der Waals surface area contributed by atoms with Crippen LogP contribution in [0.4, 0.5) is 0 Å². The number of fused-ring (bicyclic) bond motifs is 1. The molecule has 0 fully saturated rings. The maximum atomic E-state index is 12.7. The van der Waals surface area contributed by atoms with Gasteiger partial charge in [0.05, 0.1) is 4.53 Å². The van der Waals surface area contributed by atoms with Crippen molar-refractivity contribution >= 4 is 39.9 Å². The molecule has 0 saturated heterocycles. The number of carboxylic acids is 1. The Balaban J connectivity index is 1.78. The minimum absolute atomic E-state index is 0.308. The van der Waals surface area contributed by atoms with Gasteiger partial charge in [-0.05, 0) is 36.4 Å². The van der Waals surface area contributed by atoms with Crippen molar-refractivity contribution in [3.05, 3.63) is 68.2 Å². The topological polar surface area (TPSA) is 107 Å². The summed E-state index contributed by atoms with van der Waals surface area (Å²) in [5.41, 5.74) is 0.914. The average molecular weight is 415 g/mol. The maximum Gasteiger partial charge on any atom is 0.341 e. The highest BCUT2D eigenvalue weighted by atomic mass is 35.5. The summed E-state index contributed by atoms with van der Waals surface area (Å²) in [6.07, 6.45) is 4.83. The fourth-order valence-electron chi connectivity index (χ4n) is 2.50. The van der Waals surface area contributed by atoms with Gasteiger partial charge in [0.1, 0.15) is 5.75 Å². The molecular formula is C18H11ClN4O4S. The molecule has 0 amide bonds. The van der Waals surface area contributed by atoms with E-state index >= 15 is 0 Å². The molecule has 4 rings (SSSR count). The first-order chi connectivity index (χ1) is 13.5. The van der Waals surface area contributed by atoms with Crippen molar-refractivity contribution in [3.63, 3.8) is 0 Å². The molecule has 0 aliphatic rings. The number of aromatic nitrogens is 4. The second kappa shape index (κ2) is 7.37. The number of benzene rings is 1. The second-order valence-electron chi connectivity index (χ2n) is 5.65. The molecule has 0 radical (unpaired) electrons. The SMILES string of the molecule is O=C(O)COc1ccc(Cl)cc1/C=c1\sc2nc(-c3ccncc3)nn2c1=O. The highest BCUT2D eigenvalue weighted by Gasteiger charge is 2.13. The molecule has 0 spiro atoms. The first-order valence-electron chi connectivity index (χ1n) is 7.97. The molecule has 0 aliphatic heterocycles. The van der Waals surface area contributed by atoms with Crippen molar-refractivity contribution in [2.75, 3.05) is 6.61 Å². The van der Waals surface area contributed by atoms with E-state index in [9.17, 15) is 9.59 Å². The van der Waals surface area contributed by atoms with Crippen LogP contribution < -0.4 is 14.8 Å². The van der Waals surface area contributed by atoms with Gasteiger partial charge >= 0.3 is 5.97 Å². The lowest BCUT2D eigenvalue weighted by Crippen LogP contribution is -2.23. The first kappa shape index (κ1) is 18.1. The minimum atomic E-state index is -1.10. The van der Waals surface area contributed by atoms with E-state index in [-0.39, 0.29) is 5.56 Å². The number of nitrogens with zero attached hydrogens (tertiary/aromatic N) is 4. The van der Waals surface area contributed by atoms with E-state index in [4.69, 9.17) is 21.4 Å². The molecule has 140 valence electrons. The number of aliphatic carboxylic acids is 1. The van der Waals surface area contributed by atoms with E-state index < -0.39 is 12.6 Å². The number of hydrogen-bond donors (Lipinski definition) is 1. The summed E-state index contributed by atoms with van der Waals surface area (Å²) in [5.74, 6) is -0.360. The minimum Gasteiger partial charge on any atom is -0.481 e. The van der Waals surface area contributed by atoms with Crippen LogP contribution in [-0.4, -0.2) is 37.3 Å². The third-order valence-corrected chi connectivity index (χ3v) is 4.92. The van der Waals surface area contributed by atoms with Gasteiger partial charge in [0.2, 0.25) is 4.96 Å². The number of pyridine rings is 1. The van der Waals surface area contributed by atoms with Gasteiger partial charge in [0.15, 0.2) is 12.4 Å². The fourth-order valence-corrected chi connectivity index (χ4v) is 3.58. The van der Waals surface area contributed by atoms with Crippen LogP contribution in [-0.2, 0) is 4.79 Å². The van der Waals surface area contributed by atoms with E-state index in [1.165, 1.54) is 4.52 Å². The molecule has 8 nitrogen and oxygen atoms in total. The van der Waals surface area contributed by atoms with Crippen LogP contribution in [0.2, 0.25) is 5.02 Å². The Morgan fingerprint density at radius 1 is 1.29 bits per heavy atom. The first-order valence-corrected chi connectivity index (χ1v) is 9.16. The van der Waals surface area contributed by atoms with E-state index in [0.29, 0.717) is 31.7 Å². The highest BCUT2D eigenvalue weighted by Crippen LogP contribution is 2.24. The van der Waals surface area contributed by atoms with E-state index in [1.807, 2.05) is 0 Å². The number of rotatable bonds is 5. The summed E-state index contributed by atoms with van der Waals surface area (Å²) in [4.78, 5) is 32.2. The van der Waals surface area contributed by atoms with Crippen LogP contribution in [0, 0.1) is 0 Å². The molecule has 0 unspecified atom stereocenters. The number of halogens is 1. The van der Waals surface area contributed by atoms with Crippen LogP contribution in [0.15, 0.2) is 47.5 Å². The molecule has 0 bridgehead atoms. The second-order valence-corrected chi connectivity index (χ2v) is 7.09. The summed E-state index contributed by atoms with van der Waals surface area (Å²) in [7, 11) is 0. The van der Waals surface area contributed by atoms with Gasteiger partial charge in [-0.2, -0.15) is 9.50 Å². The molecule has 0 saturated carbocycles. The van der Waals surface area contributed by atoms with Crippen LogP contribution >= 0.6 is 22.9 Å². The van der Waals surface area contributed by atoms with Crippen LogP contribution in [0.25, 0.3) is 22.4 Å². The number of ether oxygens (including phenoxy) is 1. The summed E-state index contributed by atoms with van der Waals surface area (Å²) >= 11 is 7.19. The van der Waals surface area contributed by atoms with Gasteiger partial charge in [0.25, 0.3) is 5.56 Å². The summed E-state index contributed by atoms with van der Waals surface area (Å²) in [6.45, 7) is -0.503. The monoisotopic (exact) mass is 414 g/mol. The van der Waals surface area contributed by atoms with Crippen molar-refractivity contribution in [2.45, 2.75) is 0 Å². The van der Waals surface area contributed by atoms with Gasteiger partial charge in [-0.25, -0.2) is 4.79 Å². The Hall–Kier alpha value is -3.30. The third kappa shape index (κ3) is 3.57. The van der Waals surface area contributed by atoms with Crippen LogP contribution in [0.5, 0.6) is 5.75 Å². The van der Waals surface area contributed by atoms with Crippen molar-refractivity contribution < 1.29 is 14.6 Å². The molecule has 28 heavy (non-hydrogen) atoms. The zero-order valence-corrected chi connectivity index (χ0v) is 15.6. The van der Waals surface area contributed by atoms with Gasteiger partial charge in [0, 0.05) is 28.5 Å². The van der Waals surface area contributed by atoms with Crippen LogP contribution in [0.3, 0.4) is 0 Å². The molecule has 10 heteroatoms. The normalized spacial score (nSPS) is 11.8. The fraction of sp³-hybridized carbons (Fsp3) is 0.0556. The number of carbonyl (C=O) groups is 1. The van der Waals surface area contributed by atoms with Crippen molar-refractivity contribution in [1.29, 1.82) is 0 Å². The average Bonchev–Trinajstić information content (AvgIpc) is 3.22. The molecule has 4 aromatic rings. The summed E-state index contributed by atoms with van der Waals surface area (Å²) in [5, 5.41) is 13.5. The summed E-state index contributed by atoms with van der Waals surface area (Å²) in [6, 6.07) is 8.25.